The van der Waals surface area contributed by atoms with Crippen molar-refractivity contribution in [1.29, 1.82) is 0 Å². The zero-order chi connectivity index (χ0) is 24.8. The number of carbonyl (C=O) groups is 1. The van der Waals surface area contributed by atoms with Crippen LogP contribution < -0.4 is 0 Å². The van der Waals surface area contributed by atoms with Crippen molar-refractivity contribution in [3.63, 3.8) is 0 Å². The van der Waals surface area contributed by atoms with Gasteiger partial charge in [0.1, 0.15) is 0 Å². The molecule has 0 atom stereocenters. The van der Waals surface area contributed by atoms with E-state index < -0.39 is 5.97 Å². The summed E-state index contributed by atoms with van der Waals surface area (Å²) in [4.78, 5) is 10.3. The largest absolute Gasteiger partial charge is 0.481 e. The Labute approximate surface area is 218 Å². The molecule has 0 fully saturated rings. The second-order valence-electron chi connectivity index (χ2n) is 7.15. The molecule has 0 aromatic heterocycles. The Hall–Kier alpha value is -0.120. The molecule has 204 valence electrons. The van der Waals surface area contributed by atoms with Gasteiger partial charge in [0.15, 0.2) is 0 Å². The smallest absolute Gasteiger partial charge is 0.305 e. The maximum Gasteiger partial charge on any atom is 0.305 e. The second-order valence-corrected chi connectivity index (χ2v) is 8.22. The molecule has 0 amide bonds. The molecule has 0 aliphatic heterocycles. The van der Waals surface area contributed by atoms with Crippen LogP contribution in [0.1, 0.15) is 32.1 Å². The normalized spacial score (nSPS) is 11.3. The maximum absolute atomic E-state index is 10.3. The molecule has 0 aliphatic rings. The van der Waals surface area contributed by atoms with Crippen molar-refractivity contribution in [2.24, 2.45) is 0 Å². The van der Waals surface area contributed by atoms with Crippen LogP contribution in [0.25, 0.3) is 0 Å². The van der Waals surface area contributed by atoms with Crippen molar-refractivity contribution in [3.8, 4) is 0 Å². The van der Waals surface area contributed by atoms with Gasteiger partial charge in [-0.3, -0.25) is 4.79 Å². The summed E-state index contributed by atoms with van der Waals surface area (Å²) in [6.07, 6.45) is 4.98. The maximum atomic E-state index is 10.3. The molecule has 0 spiro atoms. The zero-order valence-corrected chi connectivity index (χ0v) is 22.7. The van der Waals surface area contributed by atoms with Gasteiger partial charge in [-0.1, -0.05) is 35.4 Å². The Morgan fingerprint density at radius 2 is 0.735 bits per heavy atom. The molecule has 0 heterocycles. The van der Waals surface area contributed by atoms with Crippen LogP contribution in [-0.2, 0) is 42.7 Å². The summed E-state index contributed by atoms with van der Waals surface area (Å²) in [7, 11) is 0. The van der Waals surface area contributed by atoms with Gasteiger partial charge in [0.05, 0.1) is 106 Å². The van der Waals surface area contributed by atoms with Crippen molar-refractivity contribution >= 4 is 28.6 Å². The lowest BCUT2D eigenvalue weighted by Gasteiger charge is -2.08. The third-order valence-corrected chi connectivity index (χ3v) is 5.00. The van der Waals surface area contributed by atoms with E-state index in [1.54, 1.807) is 0 Å². The first kappa shape index (κ1) is 33.9. The highest BCUT2D eigenvalue weighted by Gasteiger charge is 1.97. The first-order valence-corrected chi connectivity index (χ1v) is 13.7. The number of unbranched alkanes of at least 4 members (excludes halogenated alkanes) is 3. The van der Waals surface area contributed by atoms with Crippen LogP contribution in [-0.4, -0.2) is 121 Å². The highest BCUT2D eigenvalue weighted by Crippen LogP contribution is 2.02. The summed E-state index contributed by atoms with van der Waals surface area (Å²) in [6, 6.07) is 0. The average molecular weight is 609 g/mol. The molecule has 0 radical (unpaired) electrons. The van der Waals surface area contributed by atoms with Crippen molar-refractivity contribution in [2.45, 2.75) is 32.1 Å². The molecule has 0 aliphatic carbocycles. The van der Waals surface area contributed by atoms with Crippen LogP contribution in [0.3, 0.4) is 0 Å². The summed E-state index contributed by atoms with van der Waals surface area (Å²) >= 11 is 2.41. The van der Waals surface area contributed by atoms with E-state index in [-0.39, 0.29) is 13.0 Å². The fourth-order valence-electron chi connectivity index (χ4n) is 2.45. The number of ether oxygens (including phenoxy) is 8. The summed E-state index contributed by atoms with van der Waals surface area (Å²) in [5.41, 5.74) is 0. The van der Waals surface area contributed by atoms with Crippen molar-refractivity contribution in [2.75, 3.05) is 110 Å². The van der Waals surface area contributed by atoms with Gasteiger partial charge in [-0.05, 0) is 17.3 Å². The second kappa shape index (κ2) is 30.9. The van der Waals surface area contributed by atoms with Gasteiger partial charge in [-0.25, -0.2) is 0 Å². The van der Waals surface area contributed by atoms with Crippen LogP contribution in [0, 0.1) is 0 Å². The molecule has 34 heavy (non-hydrogen) atoms. The Morgan fingerprint density at radius 1 is 0.441 bits per heavy atom. The lowest BCUT2D eigenvalue weighted by molar-refractivity contribution is -0.138. The molecule has 0 saturated carbocycles. The van der Waals surface area contributed by atoms with Crippen molar-refractivity contribution in [3.05, 3.63) is 0 Å². The standard InChI is InChI=1S/C23H45IO10/c24-6-3-1-2-4-7-27-9-11-29-13-15-31-17-19-33-21-22-34-20-18-32-16-14-30-12-10-28-8-5-23(25)26/h1-22H2,(H,25,26). The number of aliphatic carboxylic acids is 1. The van der Waals surface area contributed by atoms with E-state index in [4.69, 9.17) is 43.0 Å². The molecule has 11 heteroatoms. The zero-order valence-electron chi connectivity index (χ0n) is 20.6. The van der Waals surface area contributed by atoms with Crippen molar-refractivity contribution in [1.82, 2.24) is 0 Å². The van der Waals surface area contributed by atoms with E-state index in [0.717, 1.165) is 13.0 Å². The van der Waals surface area contributed by atoms with Gasteiger partial charge < -0.3 is 43.0 Å². The highest BCUT2D eigenvalue weighted by atomic mass is 127. The third-order valence-electron chi connectivity index (χ3n) is 4.24. The van der Waals surface area contributed by atoms with Crippen LogP contribution in [0.2, 0.25) is 0 Å². The molecular formula is C23H45IO10. The Morgan fingerprint density at radius 3 is 1.06 bits per heavy atom. The minimum atomic E-state index is -0.867. The molecule has 0 bridgehead atoms. The van der Waals surface area contributed by atoms with Crippen molar-refractivity contribution < 1.29 is 47.8 Å². The van der Waals surface area contributed by atoms with E-state index >= 15 is 0 Å². The van der Waals surface area contributed by atoms with E-state index in [1.165, 1.54) is 23.7 Å². The van der Waals surface area contributed by atoms with Gasteiger partial charge in [-0.15, -0.1) is 0 Å². The van der Waals surface area contributed by atoms with Crippen LogP contribution in [0.5, 0.6) is 0 Å². The van der Waals surface area contributed by atoms with Gasteiger partial charge in [0.25, 0.3) is 0 Å². The van der Waals surface area contributed by atoms with Gasteiger partial charge >= 0.3 is 5.97 Å². The molecule has 0 aromatic rings. The number of hydrogen-bond donors (Lipinski definition) is 1. The fourth-order valence-corrected chi connectivity index (χ4v) is 2.99. The van der Waals surface area contributed by atoms with Gasteiger partial charge in [0.2, 0.25) is 0 Å². The number of rotatable bonds is 30. The number of hydrogen-bond acceptors (Lipinski definition) is 9. The first-order chi connectivity index (χ1) is 16.8. The fraction of sp³-hybridized carbons (Fsp3) is 0.957. The molecule has 10 nitrogen and oxygen atoms in total. The van der Waals surface area contributed by atoms with Gasteiger partial charge in [0, 0.05) is 6.61 Å². The lowest BCUT2D eigenvalue weighted by atomic mass is 10.2. The molecular weight excluding hydrogens is 563 g/mol. The minimum absolute atomic E-state index is 0.00715. The molecule has 1 N–H and O–H groups in total. The average Bonchev–Trinajstić information content (AvgIpc) is 2.83. The third kappa shape index (κ3) is 31.9. The predicted molar refractivity (Wildman–Crippen MR) is 136 cm³/mol. The van der Waals surface area contributed by atoms with Crippen LogP contribution in [0.15, 0.2) is 0 Å². The molecule has 0 saturated heterocycles. The van der Waals surface area contributed by atoms with E-state index in [0.29, 0.717) is 92.5 Å². The minimum Gasteiger partial charge on any atom is -0.481 e. The molecule has 0 rings (SSSR count). The summed E-state index contributed by atoms with van der Waals surface area (Å²) in [5.74, 6) is -0.867. The number of alkyl halides is 1. The van der Waals surface area contributed by atoms with Crippen LogP contribution in [0.4, 0.5) is 0 Å². The molecule has 0 unspecified atom stereocenters. The topological polar surface area (TPSA) is 111 Å². The van der Waals surface area contributed by atoms with E-state index in [1.807, 2.05) is 0 Å². The Bertz CT molecular complexity index is 404. The lowest BCUT2D eigenvalue weighted by Crippen LogP contribution is -2.15. The quantitative estimate of drug-likeness (QED) is 0.0743. The van der Waals surface area contributed by atoms with Crippen LogP contribution >= 0.6 is 22.6 Å². The first-order valence-electron chi connectivity index (χ1n) is 12.2. The monoisotopic (exact) mass is 608 g/mol. The van der Waals surface area contributed by atoms with E-state index in [2.05, 4.69) is 22.6 Å². The SMILES string of the molecule is O=C(O)CCOCCOCCOCCOCCOCCOCCOCCOCCCCCCI. The Kier molecular flexibility index (Phi) is 30.8. The highest BCUT2D eigenvalue weighted by molar-refractivity contribution is 14.1. The van der Waals surface area contributed by atoms with Gasteiger partial charge in [-0.2, -0.15) is 0 Å². The summed E-state index contributed by atoms with van der Waals surface area (Å²) in [6.45, 7) is 8.18. The summed E-state index contributed by atoms with van der Waals surface area (Å²) < 4.78 is 44.3. The molecule has 0 aromatic carbocycles. The number of carboxylic acid groups (broad SMARTS) is 1. The number of halogens is 1. The predicted octanol–water partition coefficient (Wildman–Crippen LogP) is 2.59. The Balaban J connectivity index is 3.01. The summed E-state index contributed by atoms with van der Waals surface area (Å²) in [5, 5.41) is 8.46. The number of carboxylic acids is 1. The van der Waals surface area contributed by atoms with E-state index in [9.17, 15) is 4.79 Å².